The minimum Gasteiger partial charge on any atom is -0.409 e. The smallest absolute Gasteiger partial charge is 0.225 e. The molecule has 7 heteroatoms. The number of aryl methyl sites for hydroxylation is 1. The maximum absolute atomic E-state index is 8.93. The van der Waals surface area contributed by atoms with Crippen LogP contribution < -0.4 is 10.6 Å². The van der Waals surface area contributed by atoms with E-state index in [0.29, 0.717) is 5.84 Å². The van der Waals surface area contributed by atoms with Crippen molar-refractivity contribution < 1.29 is 5.21 Å². The Morgan fingerprint density at radius 3 is 2.71 bits per heavy atom. The highest BCUT2D eigenvalue weighted by Gasteiger charge is 2.27. The van der Waals surface area contributed by atoms with Crippen LogP contribution in [0.25, 0.3) is 0 Å². The summed E-state index contributed by atoms with van der Waals surface area (Å²) in [5, 5.41) is 12.1. The predicted octanol–water partition coefficient (Wildman–Crippen LogP) is 0.822. The summed E-state index contributed by atoms with van der Waals surface area (Å²) in [6, 6.07) is 1.91. The number of rotatable bonds is 5. The third kappa shape index (κ3) is 3.81. The maximum atomic E-state index is 8.93. The number of amidine groups is 1. The van der Waals surface area contributed by atoms with Gasteiger partial charge in [0.05, 0.1) is 6.04 Å². The molecule has 2 heterocycles. The number of anilines is 1. The van der Waals surface area contributed by atoms with Gasteiger partial charge in [0.15, 0.2) is 5.84 Å². The van der Waals surface area contributed by atoms with E-state index in [1.165, 1.54) is 0 Å². The molecule has 116 valence electrons. The Kier molecular flexibility index (Phi) is 5.32. The van der Waals surface area contributed by atoms with Gasteiger partial charge in [0.1, 0.15) is 0 Å². The topological polar surface area (TPSA) is 90.9 Å². The van der Waals surface area contributed by atoms with Gasteiger partial charge in [-0.1, -0.05) is 18.5 Å². The quantitative estimate of drug-likeness (QED) is 0.361. The van der Waals surface area contributed by atoms with Gasteiger partial charge in [0.2, 0.25) is 5.95 Å². The molecule has 21 heavy (non-hydrogen) atoms. The molecule has 1 aliphatic rings. The molecule has 1 unspecified atom stereocenters. The molecular weight excluding hydrogens is 268 g/mol. The average Bonchev–Trinajstić information content (AvgIpc) is 2.52. The van der Waals surface area contributed by atoms with Gasteiger partial charge in [-0.25, -0.2) is 9.97 Å². The van der Waals surface area contributed by atoms with Crippen LogP contribution in [0.3, 0.4) is 0 Å². The van der Waals surface area contributed by atoms with E-state index < -0.39 is 0 Å². The second-order valence-electron chi connectivity index (χ2n) is 5.35. The van der Waals surface area contributed by atoms with E-state index in [-0.39, 0.29) is 6.04 Å². The van der Waals surface area contributed by atoms with Crippen LogP contribution in [0.15, 0.2) is 17.4 Å². The van der Waals surface area contributed by atoms with E-state index in [2.05, 4.69) is 31.8 Å². The van der Waals surface area contributed by atoms with Crippen LogP contribution >= 0.6 is 0 Å². The van der Waals surface area contributed by atoms with Crippen molar-refractivity contribution in [1.29, 1.82) is 0 Å². The standard InChI is InChI=1S/C14H24N6O/c1-3-4-12(13(15)18-21)19-7-9-20(10-8-19)14-16-6-5-11(2)17-14/h5-6,12,21H,3-4,7-10H2,1-2H3,(H2,15,18). The number of piperazine rings is 1. The Hall–Kier alpha value is -1.89. The van der Waals surface area contributed by atoms with Gasteiger partial charge in [0, 0.05) is 38.1 Å². The van der Waals surface area contributed by atoms with Crippen LogP contribution in [0, 0.1) is 6.92 Å². The Morgan fingerprint density at radius 2 is 2.14 bits per heavy atom. The molecule has 2 rings (SSSR count). The van der Waals surface area contributed by atoms with Crippen molar-refractivity contribution in [1.82, 2.24) is 14.9 Å². The molecule has 7 nitrogen and oxygen atoms in total. The maximum Gasteiger partial charge on any atom is 0.225 e. The molecule has 1 fully saturated rings. The molecule has 0 aromatic carbocycles. The molecule has 1 aromatic rings. The molecule has 0 spiro atoms. The summed E-state index contributed by atoms with van der Waals surface area (Å²) < 4.78 is 0. The van der Waals surface area contributed by atoms with Gasteiger partial charge in [-0.15, -0.1) is 0 Å². The SMILES string of the molecule is CCCC(C(N)=NO)N1CCN(c2nccc(C)n2)CC1. The molecular formula is C14H24N6O. The highest BCUT2D eigenvalue weighted by atomic mass is 16.4. The predicted molar refractivity (Wildman–Crippen MR) is 82.7 cm³/mol. The molecule has 1 atom stereocenters. The lowest BCUT2D eigenvalue weighted by atomic mass is 10.1. The fraction of sp³-hybridized carbons (Fsp3) is 0.643. The van der Waals surface area contributed by atoms with Crippen LogP contribution in [0.2, 0.25) is 0 Å². The Labute approximate surface area is 125 Å². The summed E-state index contributed by atoms with van der Waals surface area (Å²) in [7, 11) is 0. The molecule has 0 saturated carbocycles. The molecule has 0 aliphatic carbocycles. The third-order valence-corrected chi connectivity index (χ3v) is 3.84. The van der Waals surface area contributed by atoms with E-state index in [1.54, 1.807) is 6.20 Å². The van der Waals surface area contributed by atoms with E-state index in [1.807, 2.05) is 13.0 Å². The summed E-state index contributed by atoms with van der Waals surface area (Å²) in [5.74, 6) is 1.09. The first-order valence-corrected chi connectivity index (χ1v) is 7.41. The van der Waals surface area contributed by atoms with Crippen LogP contribution in [-0.4, -0.2) is 58.1 Å². The highest BCUT2D eigenvalue weighted by Crippen LogP contribution is 2.15. The van der Waals surface area contributed by atoms with Crippen molar-refractivity contribution in [3.63, 3.8) is 0 Å². The van der Waals surface area contributed by atoms with Gasteiger partial charge in [-0.05, 0) is 19.4 Å². The average molecular weight is 292 g/mol. The van der Waals surface area contributed by atoms with E-state index in [9.17, 15) is 0 Å². The van der Waals surface area contributed by atoms with Crippen LogP contribution in [0.1, 0.15) is 25.5 Å². The Bertz CT molecular complexity index is 484. The highest BCUT2D eigenvalue weighted by molar-refractivity contribution is 5.85. The van der Waals surface area contributed by atoms with Gasteiger partial charge >= 0.3 is 0 Å². The second-order valence-corrected chi connectivity index (χ2v) is 5.35. The molecule has 0 bridgehead atoms. The zero-order valence-corrected chi connectivity index (χ0v) is 12.7. The van der Waals surface area contributed by atoms with Gasteiger partial charge in [-0.2, -0.15) is 0 Å². The minimum absolute atomic E-state index is 0.0144. The summed E-state index contributed by atoms with van der Waals surface area (Å²) in [4.78, 5) is 13.2. The van der Waals surface area contributed by atoms with Gasteiger partial charge in [0.25, 0.3) is 0 Å². The molecule has 1 aromatic heterocycles. The number of hydrogen-bond acceptors (Lipinski definition) is 6. The second kappa shape index (κ2) is 7.21. The van der Waals surface area contributed by atoms with Gasteiger partial charge < -0.3 is 15.8 Å². The fourth-order valence-corrected chi connectivity index (χ4v) is 2.68. The summed E-state index contributed by atoms with van der Waals surface area (Å²) in [6.07, 6.45) is 3.69. The first-order valence-electron chi connectivity index (χ1n) is 7.41. The fourth-order valence-electron chi connectivity index (χ4n) is 2.68. The lowest BCUT2D eigenvalue weighted by Crippen LogP contribution is -2.54. The third-order valence-electron chi connectivity index (χ3n) is 3.84. The largest absolute Gasteiger partial charge is 0.409 e. The Balaban J connectivity index is 1.98. The summed E-state index contributed by atoms with van der Waals surface area (Å²) in [5.41, 5.74) is 6.79. The summed E-state index contributed by atoms with van der Waals surface area (Å²) >= 11 is 0. The van der Waals surface area contributed by atoms with Gasteiger partial charge in [-0.3, -0.25) is 4.90 Å². The Morgan fingerprint density at radius 1 is 1.43 bits per heavy atom. The van der Waals surface area contributed by atoms with Crippen molar-refractivity contribution in [2.45, 2.75) is 32.7 Å². The molecule has 1 aliphatic heterocycles. The normalized spacial score (nSPS) is 18.8. The van der Waals surface area contributed by atoms with Crippen molar-refractivity contribution in [3.8, 4) is 0 Å². The lowest BCUT2D eigenvalue weighted by molar-refractivity contribution is 0.210. The monoisotopic (exact) mass is 292 g/mol. The zero-order valence-electron chi connectivity index (χ0n) is 12.7. The van der Waals surface area contributed by atoms with Crippen LogP contribution in [-0.2, 0) is 0 Å². The zero-order chi connectivity index (χ0) is 15.2. The number of nitrogens with two attached hydrogens (primary N) is 1. The summed E-state index contributed by atoms with van der Waals surface area (Å²) in [6.45, 7) is 7.49. The van der Waals surface area contributed by atoms with Crippen molar-refractivity contribution in [2.24, 2.45) is 10.9 Å². The van der Waals surface area contributed by atoms with Crippen molar-refractivity contribution >= 4 is 11.8 Å². The van der Waals surface area contributed by atoms with Crippen LogP contribution in [0.5, 0.6) is 0 Å². The molecule has 0 radical (unpaired) electrons. The van der Waals surface area contributed by atoms with E-state index >= 15 is 0 Å². The first kappa shape index (κ1) is 15.5. The van der Waals surface area contributed by atoms with Crippen LogP contribution in [0.4, 0.5) is 5.95 Å². The van der Waals surface area contributed by atoms with Crippen molar-refractivity contribution in [3.05, 3.63) is 18.0 Å². The van der Waals surface area contributed by atoms with E-state index in [0.717, 1.165) is 50.7 Å². The minimum atomic E-state index is 0.0144. The van der Waals surface area contributed by atoms with Crippen molar-refractivity contribution in [2.75, 3.05) is 31.1 Å². The van der Waals surface area contributed by atoms with E-state index in [4.69, 9.17) is 10.9 Å². The number of hydrogen-bond donors (Lipinski definition) is 2. The first-order chi connectivity index (χ1) is 10.2. The molecule has 3 N–H and O–H groups in total. The number of aromatic nitrogens is 2. The number of oxime groups is 1. The number of nitrogens with zero attached hydrogens (tertiary/aromatic N) is 5. The molecule has 1 saturated heterocycles. The molecule has 0 amide bonds. The lowest BCUT2D eigenvalue weighted by Gasteiger charge is -2.38.